The highest BCUT2D eigenvalue weighted by atomic mass is 28.3. The van der Waals surface area contributed by atoms with E-state index in [0.29, 0.717) is 13.3 Å². The van der Waals surface area contributed by atoms with Crippen LogP contribution in [0.1, 0.15) is 20.1 Å². The Bertz CT molecular complexity index is 884. The minimum Gasteiger partial charge on any atom is -0.364 e. The second-order valence-electron chi connectivity index (χ2n) is 7.86. The fourth-order valence-corrected chi connectivity index (χ4v) is 3.61. The van der Waals surface area contributed by atoms with Crippen LogP contribution in [0.25, 0.3) is 22.3 Å². The van der Waals surface area contributed by atoms with Crippen LogP contribution in [0.15, 0.2) is 31.0 Å². The van der Waals surface area contributed by atoms with Gasteiger partial charge in [-0.1, -0.05) is 0 Å². The molecule has 1 atom stereocenters. The minimum atomic E-state index is -1.08. The Morgan fingerprint density at radius 3 is 2.78 bits per heavy atom. The highest BCUT2D eigenvalue weighted by Crippen LogP contribution is 2.26. The molecule has 0 aromatic carbocycles. The summed E-state index contributed by atoms with van der Waals surface area (Å²) in [5.74, 6) is 0. The standard InChI is InChI=1S/C19H29N5O2Si/c1-6-26-15(2)24-12-16(11-22-24)18-17-7-8-23(19(17)21-13-20-18)14-25-9-10-27(3,4)5/h7-8,11-13,15H,6,9-10,14H2,1-5H3/q-1. The summed E-state index contributed by atoms with van der Waals surface area (Å²) in [5.41, 5.74) is 2.70. The van der Waals surface area contributed by atoms with Crippen molar-refractivity contribution in [1.29, 1.82) is 0 Å². The monoisotopic (exact) mass is 387 g/mol. The maximum absolute atomic E-state index is 5.87. The van der Waals surface area contributed by atoms with Gasteiger partial charge in [-0.2, -0.15) is 24.7 Å². The van der Waals surface area contributed by atoms with E-state index in [-0.39, 0.29) is 6.23 Å². The van der Waals surface area contributed by atoms with E-state index in [2.05, 4.69) is 34.7 Å². The van der Waals surface area contributed by atoms with E-state index < -0.39 is 8.07 Å². The lowest BCUT2D eigenvalue weighted by Crippen LogP contribution is -2.22. The van der Waals surface area contributed by atoms with Crippen molar-refractivity contribution in [2.75, 3.05) is 13.2 Å². The Morgan fingerprint density at radius 2 is 2.04 bits per heavy atom. The molecule has 0 N–H and O–H groups in total. The van der Waals surface area contributed by atoms with Crippen LogP contribution in [0.3, 0.4) is 0 Å². The highest BCUT2D eigenvalue weighted by molar-refractivity contribution is 6.76. The molecule has 0 aliphatic carbocycles. The summed E-state index contributed by atoms with van der Waals surface area (Å²) >= 11 is 0. The van der Waals surface area contributed by atoms with E-state index in [1.165, 1.54) is 0 Å². The third kappa shape index (κ3) is 4.82. The average Bonchev–Trinajstić information content (AvgIpc) is 3.25. The van der Waals surface area contributed by atoms with Gasteiger partial charge in [0.1, 0.15) is 24.9 Å². The second kappa shape index (κ2) is 8.33. The number of ether oxygens (including phenoxy) is 2. The smallest absolute Gasteiger partial charge is 0.147 e. The summed E-state index contributed by atoms with van der Waals surface area (Å²) in [6.45, 7) is 13.0. The SMILES string of the molecule is CCOC(C)n1cc(-c2ncnc3c2ccn3COCC[Si-](C)(C)C)cn1. The first-order valence-electron chi connectivity index (χ1n) is 9.43. The molecule has 0 saturated heterocycles. The normalized spacial score (nSPS) is 13.4. The molecule has 3 rings (SSSR count). The predicted molar refractivity (Wildman–Crippen MR) is 109 cm³/mol. The van der Waals surface area contributed by atoms with Crippen LogP contribution in [-0.2, 0) is 16.2 Å². The second-order valence-corrected chi connectivity index (χ2v) is 13.5. The lowest BCUT2D eigenvalue weighted by molar-refractivity contribution is 0.0160. The molecule has 0 radical (unpaired) electrons. The minimum absolute atomic E-state index is 0.106. The first-order chi connectivity index (χ1) is 12.9. The summed E-state index contributed by atoms with van der Waals surface area (Å²) in [4.78, 5) is 8.94. The lowest BCUT2D eigenvalue weighted by Gasteiger charge is -2.26. The van der Waals surface area contributed by atoms with Gasteiger partial charge in [0.05, 0.1) is 11.9 Å². The van der Waals surface area contributed by atoms with E-state index in [0.717, 1.165) is 34.9 Å². The van der Waals surface area contributed by atoms with Crippen molar-refractivity contribution >= 4 is 19.1 Å². The van der Waals surface area contributed by atoms with Gasteiger partial charge in [-0.15, -0.1) is 14.1 Å². The molecule has 8 heteroatoms. The summed E-state index contributed by atoms with van der Waals surface area (Å²) in [5, 5.41) is 5.41. The molecule has 3 aromatic heterocycles. The number of hydrogen-bond donors (Lipinski definition) is 0. The fourth-order valence-electron chi connectivity index (χ4n) is 2.86. The topological polar surface area (TPSA) is 67.0 Å². The largest absolute Gasteiger partial charge is 0.364 e. The molecule has 3 heterocycles. The summed E-state index contributed by atoms with van der Waals surface area (Å²) in [7, 11) is -1.08. The number of fused-ring (bicyclic) bond motifs is 1. The third-order valence-electron chi connectivity index (χ3n) is 4.44. The Hall–Kier alpha value is -2.03. The average molecular weight is 388 g/mol. The summed E-state index contributed by atoms with van der Waals surface area (Å²) in [6, 6.07) is 3.19. The molecule has 0 amide bonds. The lowest BCUT2D eigenvalue weighted by atomic mass is 10.2. The van der Waals surface area contributed by atoms with Gasteiger partial charge in [0.15, 0.2) is 0 Å². The van der Waals surface area contributed by atoms with E-state index in [1.807, 2.05) is 47.8 Å². The highest BCUT2D eigenvalue weighted by Gasteiger charge is 2.14. The molecule has 0 bridgehead atoms. The van der Waals surface area contributed by atoms with Gasteiger partial charge in [0, 0.05) is 36.6 Å². The zero-order chi connectivity index (χ0) is 19.4. The first-order valence-corrected chi connectivity index (χ1v) is 13.1. The predicted octanol–water partition coefficient (Wildman–Crippen LogP) is 4.16. The van der Waals surface area contributed by atoms with Gasteiger partial charge in [-0.05, 0) is 19.9 Å². The van der Waals surface area contributed by atoms with Crippen molar-refractivity contribution in [2.45, 2.75) is 52.5 Å². The molecular weight excluding hydrogens is 358 g/mol. The van der Waals surface area contributed by atoms with Crippen LogP contribution in [0.5, 0.6) is 0 Å². The Kier molecular flexibility index (Phi) is 6.08. The van der Waals surface area contributed by atoms with Gasteiger partial charge >= 0.3 is 0 Å². The van der Waals surface area contributed by atoms with Crippen molar-refractivity contribution in [1.82, 2.24) is 24.3 Å². The molecule has 27 heavy (non-hydrogen) atoms. The van der Waals surface area contributed by atoms with Crippen molar-refractivity contribution in [3.63, 3.8) is 0 Å². The number of aromatic nitrogens is 5. The van der Waals surface area contributed by atoms with Crippen LogP contribution >= 0.6 is 0 Å². The van der Waals surface area contributed by atoms with Crippen molar-refractivity contribution in [2.24, 2.45) is 0 Å². The zero-order valence-electron chi connectivity index (χ0n) is 16.8. The Morgan fingerprint density at radius 1 is 1.22 bits per heavy atom. The van der Waals surface area contributed by atoms with E-state index in [1.54, 1.807) is 6.33 Å². The van der Waals surface area contributed by atoms with E-state index >= 15 is 0 Å². The molecule has 7 nitrogen and oxygen atoms in total. The molecule has 0 fully saturated rings. The maximum atomic E-state index is 5.87. The number of rotatable bonds is 9. The number of nitrogens with zero attached hydrogens (tertiary/aromatic N) is 5. The molecule has 0 saturated carbocycles. The van der Waals surface area contributed by atoms with Gasteiger partial charge < -0.3 is 14.0 Å². The van der Waals surface area contributed by atoms with Gasteiger partial charge in [-0.25, -0.2) is 14.6 Å². The summed E-state index contributed by atoms with van der Waals surface area (Å²) in [6.07, 6.45) is 7.28. The van der Waals surface area contributed by atoms with Crippen molar-refractivity contribution in [3.8, 4) is 11.3 Å². The molecule has 0 aliphatic heterocycles. The van der Waals surface area contributed by atoms with Crippen LogP contribution in [0.4, 0.5) is 0 Å². The Balaban J connectivity index is 1.77. The molecular formula is C19H29N5O2Si-. The molecule has 147 valence electrons. The van der Waals surface area contributed by atoms with Crippen LogP contribution in [0, 0.1) is 0 Å². The Labute approximate surface area is 161 Å². The van der Waals surface area contributed by atoms with Gasteiger partial charge in [-0.3, -0.25) is 0 Å². The first kappa shape index (κ1) is 19.7. The molecule has 0 aliphatic rings. The quantitative estimate of drug-likeness (QED) is 0.407. The molecule has 0 spiro atoms. The number of hydrogen-bond acceptors (Lipinski definition) is 5. The van der Waals surface area contributed by atoms with Crippen LogP contribution in [-0.4, -0.2) is 45.6 Å². The van der Waals surface area contributed by atoms with E-state index in [4.69, 9.17) is 9.47 Å². The molecule has 1 unspecified atom stereocenters. The maximum Gasteiger partial charge on any atom is 0.147 e. The summed E-state index contributed by atoms with van der Waals surface area (Å²) < 4.78 is 15.3. The van der Waals surface area contributed by atoms with Crippen LogP contribution < -0.4 is 0 Å². The third-order valence-corrected chi connectivity index (χ3v) is 6.14. The van der Waals surface area contributed by atoms with Gasteiger partial charge in [0.25, 0.3) is 0 Å². The van der Waals surface area contributed by atoms with Crippen LogP contribution in [0.2, 0.25) is 25.7 Å². The molecule has 3 aromatic rings. The van der Waals surface area contributed by atoms with E-state index in [9.17, 15) is 0 Å². The van der Waals surface area contributed by atoms with Crippen molar-refractivity contribution < 1.29 is 9.47 Å². The zero-order valence-corrected chi connectivity index (χ0v) is 17.8. The van der Waals surface area contributed by atoms with Gasteiger partial charge in [0.2, 0.25) is 0 Å². The van der Waals surface area contributed by atoms with Crippen molar-refractivity contribution in [3.05, 3.63) is 31.0 Å². The fraction of sp³-hybridized carbons (Fsp3) is 0.526.